The highest BCUT2D eigenvalue weighted by Crippen LogP contribution is 2.22. The molecular formula is C15H23N3O2. The van der Waals surface area contributed by atoms with E-state index in [1.807, 2.05) is 46.1 Å². The Kier molecular flexibility index (Phi) is 4.18. The lowest BCUT2D eigenvalue weighted by Crippen LogP contribution is -2.23. The zero-order valence-electron chi connectivity index (χ0n) is 12.9. The summed E-state index contributed by atoms with van der Waals surface area (Å²) in [6, 6.07) is 5.97. The van der Waals surface area contributed by atoms with Crippen molar-refractivity contribution in [2.24, 2.45) is 7.05 Å². The average molecular weight is 277 g/mol. The van der Waals surface area contributed by atoms with Crippen molar-refractivity contribution in [2.75, 3.05) is 27.2 Å². The zero-order chi connectivity index (χ0) is 14.9. The molecular weight excluding hydrogens is 254 g/mol. The van der Waals surface area contributed by atoms with Gasteiger partial charge in [0.2, 0.25) is 0 Å². The summed E-state index contributed by atoms with van der Waals surface area (Å²) < 4.78 is 9.20. The SMILES string of the molecule is CC(C)n1c(=O)n(C)c2cc(OCCN(C)C)ccc21. The van der Waals surface area contributed by atoms with E-state index < -0.39 is 0 Å². The highest BCUT2D eigenvalue weighted by Gasteiger charge is 2.13. The highest BCUT2D eigenvalue weighted by atomic mass is 16.5. The van der Waals surface area contributed by atoms with Crippen molar-refractivity contribution in [2.45, 2.75) is 19.9 Å². The van der Waals surface area contributed by atoms with Crippen LogP contribution in [-0.4, -0.2) is 41.3 Å². The number of ether oxygens (including phenoxy) is 1. The minimum absolute atomic E-state index is 0.0143. The van der Waals surface area contributed by atoms with Crippen LogP contribution in [0.5, 0.6) is 5.75 Å². The quantitative estimate of drug-likeness (QED) is 0.837. The van der Waals surface area contributed by atoms with Crippen LogP contribution in [0.1, 0.15) is 19.9 Å². The monoisotopic (exact) mass is 277 g/mol. The molecule has 1 aromatic heterocycles. The van der Waals surface area contributed by atoms with Gasteiger partial charge in [0.05, 0.1) is 11.0 Å². The largest absolute Gasteiger partial charge is 0.492 e. The molecule has 0 atom stereocenters. The van der Waals surface area contributed by atoms with Crippen molar-refractivity contribution in [1.29, 1.82) is 0 Å². The number of nitrogens with zero attached hydrogens (tertiary/aromatic N) is 3. The number of rotatable bonds is 5. The molecule has 2 aromatic rings. The summed E-state index contributed by atoms with van der Waals surface area (Å²) in [5.74, 6) is 0.802. The molecule has 1 heterocycles. The van der Waals surface area contributed by atoms with E-state index in [2.05, 4.69) is 4.90 Å². The minimum Gasteiger partial charge on any atom is -0.492 e. The maximum absolute atomic E-state index is 12.2. The first-order valence-electron chi connectivity index (χ1n) is 6.90. The van der Waals surface area contributed by atoms with Crippen LogP contribution in [0.3, 0.4) is 0 Å². The molecule has 0 N–H and O–H groups in total. The summed E-state index contributed by atoms with van der Waals surface area (Å²) >= 11 is 0. The molecule has 0 bridgehead atoms. The molecule has 0 aliphatic rings. The zero-order valence-corrected chi connectivity index (χ0v) is 12.9. The molecule has 20 heavy (non-hydrogen) atoms. The summed E-state index contributed by atoms with van der Waals surface area (Å²) in [6.07, 6.45) is 0. The lowest BCUT2D eigenvalue weighted by atomic mass is 10.2. The summed E-state index contributed by atoms with van der Waals surface area (Å²) in [5.41, 5.74) is 1.87. The third-order valence-electron chi connectivity index (χ3n) is 3.38. The fourth-order valence-electron chi connectivity index (χ4n) is 2.28. The number of aryl methyl sites for hydroxylation is 1. The van der Waals surface area contributed by atoms with Gasteiger partial charge < -0.3 is 9.64 Å². The van der Waals surface area contributed by atoms with Crippen molar-refractivity contribution in [3.63, 3.8) is 0 Å². The van der Waals surface area contributed by atoms with Gasteiger partial charge in [-0.25, -0.2) is 4.79 Å². The molecule has 0 radical (unpaired) electrons. The second kappa shape index (κ2) is 5.71. The second-order valence-electron chi connectivity index (χ2n) is 5.61. The molecule has 0 saturated carbocycles. The summed E-state index contributed by atoms with van der Waals surface area (Å²) in [6.45, 7) is 5.53. The number of imidazole rings is 1. The summed E-state index contributed by atoms with van der Waals surface area (Å²) in [5, 5.41) is 0. The van der Waals surface area contributed by atoms with Crippen LogP contribution in [0.2, 0.25) is 0 Å². The number of benzene rings is 1. The predicted octanol–water partition coefficient (Wildman–Crippen LogP) is 1.86. The molecule has 5 heteroatoms. The van der Waals surface area contributed by atoms with E-state index in [1.54, 1.807) is 16.2 Å². The molecule has 0 spiro atoms. The van der Waals surface area contributed by atoms with Gasteiger partial charge in [-0.1, -0.05) is 0 Å². The molecule has 2 rings (SSSR count). The highest BCUT2D eigenvalue weighted by molar-refractivity contribution is 5.78. The van der Waals surface area contributed by atoms with E-state index in [9.17, 15) is 4.79 Å². The molecule has 0 amide bonds. The Morgan fingerprint density at radius 2 is 1.95 bits per heavy atom. The third-order valence-corrected chi connectivity index (χ3v) is 3.38. The first kappa shape index (κ1) is 14.7. The Morgan fingerprint density at radius 3 is 2.55 bits per heavy atom. The molecule has 0 saturated heterocycles. The van der Waals surface area contributed by atoms with E-state index in [0.717, 1.165) is 23.3 Å². The Bertz CT molecular complexity index is 653. The van der Waals surface area contributed by atoms with Gasteiger partial charge in [0.1, 0.15) is 12.4 Å². The van der Waals surface area contributed by atoms with Gasteiger partial charge in [0.15, 0.2) is 0 Å². The fraction of sp³-hybridized carbons (Fsp3) is 0.533. The van der Waals surface area contributed by atoms with Crippen LogP contribution in [0.25, 0.3) is 11.0 Å². The molecule has 5 nitrogen and oxygen atoms in total. The minimum atomic E-state index is 0.0143. The van der Waals surface area contributed by atoms with Crippen molar-refractivity contribution in [1.82, 2.24) is 14.0 Å². The van der Waals surface area contributed by atoms with Crippen molar-refractivity contribution < 1.29 is 4.74 Å². The van der Waals surface area contributed by atoms with E-state index in [0.29, 0.717) is 6.61 Å². The second-order valence-corrected chi connectivity index (χ2v) is 5.61. The normalized spacial score (nSPS) is 11.8. The number of likely N-dealkylation sites (N-methyl/N-ethyl adjacent to an activating group) is 1. The average Bonchev–Trinajstić information content (AvgIpc) is 2.62. The molecule has 0 aliphatic carbocycles. The van der Waals surface area contributed by atoms with Crippen LogP contribution in [-0.2, 0) is 7.05 Å². The standard InChI is InChI=1S/C15H23N3O2/c1-11(2)18-13-7-6-12(20-9-8-16(3)4)10-14(13)17(5)15(18)19/h6-7,10-11H,8-9H2,1-5H3. The van der Waals surface area contributed by atoms with Crippen LogP contribution in [0.4, 0.5) is 0 Å². The molecule has 0 fully saturated rings. The predicted molar refractivity (Wildman–Crippen MR) is 81.6 cm³/mol. The summed E-state index contributed by atoms with van der Waals surface area (Å²) in [4.78, 5) is 14.3. The first-order valence-corrected chi connectivity index (χ1v) is 6.90. The fourth-order valence-corrected chi connectivity index (χ4v) is 2.28. The van der Waals surface area contributed by atoms with Gasteiger partial charge in [0.25, 0.3) is 0 Å². The van der Waals surface area contributed by atoms with Gasteiger partial charge in [0, 0.05) is 25.7 Å². The lowest BCUT2D eigenvalue weighted by molar-refractivity contribution is 0.261. The smallest absolute Gasteiger partial charge is 0.329 e. The van der Waals surface area contributed by atoms with Gasteiger partial charge >= 0.3 is 5.69 Å². The van der Waals surface area contributed by atoms with Crippen LogP contribution in [0.15, 0.2) is 23.0 Å². The molecule has 0 aliphatic heterocycles. The Balaban J connectivity index is 2.35. The Labute approximate surface area is 119 Å². The first-order chi connectivity index (χ1) is 9.41. The van der Waals surface area contributed by atoms with Gasteiger partial charge in [-0.05, 0) is 40.1 Å². The Morgan fingerprint density at radius 1 is 1.25 bits per heavy atom. The van der Waals surface area contributed by atoms with E-state index >= 15 is 0 Å². The maximum atomic E-state index is 12.2. The maximum Gasteiger partial charge on any atom is 0.329 e. The topological polar surface area (TPSA) is 39.4 Å². The lowest BCUT2D eigenvalue weighted by Gasteiger charge is -2.11. The van der Waals surface area contributed by atoms with Crippen LogP contribution in [0, 0.1) is 0 Å². The van der Waals surface area contributed by atoms with Crippen LogP contribution < -0.4 is 10.4 Å². The summed E-state index contributed by atoms with van der Waals surface area (Å²) in [7, 11) is 5.82. The van der Waals surface area contributed by atoms with E-state index in [4.69, 9.17) is 4.74 Å². The Hall–Kier alpha value is -1.75. The van der Waals surface area contributed by atoms with Crippen molar-refractivity contribution in [3.05, 3.63) is 28.7 Å². The number of hydrogen-bond acceptors (Lipinski definition) is 3. The van der Waals surface area contributed by atoms with E-state index in [-0.39, 0.29) is 11.7 Å². The number of hydrogen-bond donors (Lipinski definition) is 0. The van der Waals surface area contributed by atoms with Crippen molar-refractivity contribution >= 4 is 11.0 Å². The number of aromatic nitrogens is 2. The van der Waals surface area contributed by atoms with Gasteiger partial charge in [-0.3, -0.25) is 9.13 Å². The molecule has 110 valence electrons. The van der Waals surface area contributed by atoms with E-state index in [1.165, 1.54) is 0 Å². The molecule has 0 unspecified atom stereocenters. The van der Waals surface area contributed by atoms with Gasteiger partial charge in [-0.15, -0.1) is 0 Å². The number of fused-ring (bicyclic) bond motifs is 1. The molecule has 1 aromatic carbocycles. The third kappa shape index (κ3) is 2.72. The van der Waals surface area contributed by atoms with Crippen LogP contribution >= 0.6 is 0 Å². The van der Waals surface area contributed by atoms with Crippen molar-refractivity contribution in [3.8, 4) is 5.75 Å². The van der Waals surface area contributed by atoms with Gasteiger partial charge in [-0.2, -0.15) is 0 Å².